The summed E-state index contributed by atoms with van der Waals surface area (Å²) in [5, 5.41) is 11.8. The predicted octanol–water partition coefficient (Wildman–Crippen LogP) is 1.32. The summed E-state index contributed by atoms with van der Waals surface area (Å²) in [4.78, 5) is 5.13. The maximum atomic E-state index is 8.71. The highest BCUT2D eigenvalue weighted by Crippen LogP contribution is 2.49. The highest BCUT2D eigenvalue weighted by molar-refractivity contribution is 5.80. The fourth-order valence-corrected chi connectivity index (χ4v) is 3.46. The molecular weight excluding hydrogens is 240 g/mol. The van der Waals surface area contributed by atoms with E-state index in [1.807, 2.05) is 0 Å². The average molecular weight is 268 g/mol. The zero-order valence-corrected chi connectivity index (χ0v) is 12.3. The molecule has 2 fully saturated rings. The van der Waals surface area contributed by atoms with Crippen LogP contribution in [0.25, 0.3) is 0 Å². The first-order valence-electron chi connectivity index (χ1n) is 7.55. The van der Waals surface area contributed by atoms with E-state index in [2.05, 4.69) is 28.8 Å². The molecule has 2 rings (SSSR count). The van der Waals surface area contributed by atoms with Gasteiger partial charge in [-0.3, -0.25) is 4.90 Å². The Hall–Kier alpha value is -0.810. The zero-order chi connectivity index (χ0) is 13.9. The summed E-state index contributed by atoms with van der Waals surface area (Å²) < 4.78 is 0. The Morgan fingerprint density at radius 3 is 2.63 bits per heavy atom. The maximum absolute atomic E-state index is 8.71. The van der Waals surface area contributed by atoms with Crippen LogP contribution in [0.4, 0.5) is 0 Å². The van der Waals surface area contributed by atoms with E-state index in [1.54, 1.807) is 0 Å². The number of rotatable bonds is 7. The Labute approximate surface area is 116 Å². The largest absolute Gasteiger partial charge is 0.409 e. The van der Waals surface area contributed by atoms with Gasteiger partial charge in [0.25, 0.3) is 0 Å². The first kappa shape index (κ1) is 14.6. The minimum Gasteiger partial charge on any atom is -0.409 e. The quantitative estimate of drug-likeness (QED) is 0.316. The molecule has 1 atom stereocenters. The number of hydrogen-bond donors (Lipinski definition) is 2. The summed E-state index contributed by atoms with van der Waals surface area (Å²) in [6.07, 6.45) is 4.46. The number of nitrogens with two attached hydrogens (primary N) is 1. The van der Waals surface area contributed by atoms with Gasteiger partial charge >= 0.3 is 0 Å². The molecule has 1 heterocycles. The summed E-state index contributed by atoms with van der Waals surface area (Å²) in [6.45, 7) is 10.3. The van der Waals surface area contributed by atoms with Crippen LogP contribution in [0.2, 0.25) is 0 Å². The Morgan fingerprint density at radius 1 is 1.42 bits per heavy atom. The molecule has 0 aromatic carbocycles. The van der Waals surface area contributed by atoms with Crippen molar-refractivity contribution in [1.82, 2.24) is 9.80 Å². The predicted molar refractivity (Wildman–Crippen MR) is 77.5 cm³/mol. The van der Waals surface area contributed by atoms with Crippen molar-refractivity contribution in [3.8, 4) is 0 Å². The van der Waals surface area contributed by atoms with Gasteiger partial charge in [-0.05, 0) is 44.3 Å². The average Bonchev–Trinajstić information content (AvgIpc) is 2.99. The van der Waals surface area contributed by atoms with Crippen LogP contribution >= 0.6 is 0 Å². The van der Waals surface area contributed by atoms with Gasteiger partial charge in [0.05, 0.1) is 0 Å². The first-order chi connectivity index (χ1) is 9.12. The van der Waals surface area contributed by atoms with Gasteiger partial charge in [-0.1, -0.05) is 19.0 Å². The second-order valence-electron chi connectivity index (χ2n) is 6.17. The fourth-order valence-electron chi connectivity index (χ4n) is 3.46. The molecule has 0 aromatic heterocycles. The van der Waals surface area contributed by atoms with Gasteiger partial charge in [-0.15, -0.1) is 0 Å². The van der Waals surface area contributed by atoms with Gasteiger partial charge in [0.1, 0.15) is 5.84 Å². The van der Waals surface area contributed by atoms with Gasteiger partial charge in [0.2, 0.25) is 0 Å². The monoisotopic (exact) mass is 268 g/mol. The lowest BCUT2D eigenvalue weighted by Crippen LogP contribution is -2.38. The summed E-state index contributed by atoms with van der Waals surface area (Å²) in [7, 11) is 0. The molecule has 1 saturated carbocycles. The molecule has 19 heavy (non-hydrogen) atoms. The molecule has 1 saturated heterocycles. The molecule has 2 aliphatic rings. The van der Waals surface area contributed by atoms with Gasteiger partial charge in [0.15, 0.2) is 0 Å². The zero-order valence-electron chi connectivity index (χ0n) is 12.3. The maximum Gasteiger partial charge on any atom is 0.139 e. The molecule has 0 aromatic rings. The molecule has 110 valence electrons. The van der Waals surface area contributed by atoms with E-state index < -0.39 is 0 Å². The van der Waals surface area contributed by atoms with E-state index in [1.165, 1.54) is 32.4 Å². The topological polar surface area (TPSA) is 65.1 Å². The number of likely N-dealkylation sites (N-methyl/N-ethyl adjacent to an activating group) is 1. The van der Waals surface area contributed by atoms with Crippen LogP contribution < -0.4 is 5.73 Å². The second-order valence-corrected chi connectivity index (χ2v) is 6.17. The molecule has 0 spiro atoms. The molecule has 0 radical (unpaired) electrons. The molecule has 5 nitrogen and oxygen atoms in total. The van der Waals surface area contributed by atoms with E-state index in [0.29, 0.717) is 11.3 Å². The van der Waals surface area contributed by atoms with Gasteiger partial charge in [0, 0.05) is 25.6 Å². The molecule has 3 N–H and O–H groups in total. The third-order valence-corrected chi connectivity index (χ3v) is 4.78. The molecule has 1 aliphatic carbocycles. The standard InChI is InChI=1S/C14H28N4O/c1-3-18(4-2)12-5-8-17(10-12)11-14(6-7-14)9-13(15)16-19/h12,19H,3-11H2,1-2H3,(H2,15,16). The molecule has 5 heteroatoms. The van der Waals surface area contributed by atoms with E-state index in [4.69, 9.17) is 10.9 Å². The molecule has 0 amide bonds. The Bertz CT molecular complexity index is 323. The van der Waals surface area contributed by atoms with Crippen molar-refractivity contribution >= 4 is 5.84 Å². The van der Waals surface area contributed by atoms with Crippen molar-refractivity contribution in [3.05, 3.63) is 0 Å². The fraction of sp³-hybridized carbons (Fsp3) is 0.929. The highest BCUT2D eigenvalue weighted by atomic mass is 16.4. The van der Waals surface area contributed by atoms with E-state index >= 15 is 0 Å². The van der Waals surface area contributed by atoms with Gasteiger partial charge in [-0.2, -0.15) is 0 Å². The summed E-state index contributed by atoms with van der Waals surface area (Å²) in [6, 6.07) is 0.717. The van der Waals surface area contributed by atoms with Crippen LogP contribution in [0.15, 0.2) is 5.16 Å². The van der Waals surface area contributed by atoms with Crippen LogP contribution in [-0.4, -0.2) is 59.6 Å². The number of amidine groups is 1. The summed E-state index contributed by atoms with van der Waals surface area (Å²) in [5.74, 6) is 0.386. The molecular formula is C14H28N4O. The smallest absolute Gasteiger partial charge is 0.139 e. The van der Waals surface area contributed by atoms with E-state index in [-0.39, 0.29) is 0 Å². The summed E-state index contributed by atoms with van der Waals surface area (Å²) >= 11 is 0. The number of hydrogen-bond acceptors (Lipinski definition) is 4. The van der Waals surface area contributed by atoms with E-state index in [9.17, 15) is 0 Å². The van der Waals surface area contributed by atoms with Crippen molar-refractivity contribution in [2.45, 2.75) is 45.6 Å². The minimum absolute atomic E-state index is 0.300. The summed E-state index contributed by atoms with van der Waals surface area (Å²) in [5.41, 5.74) is 5.97. The third kappa shape index (κ3) is 3.60. The Kier molecular flexibility index (Phi) is 4.68. The normalized spacial score (nSPS) is 27.1. The van der Waals surface area contributed by atoms with Crippen molar-refractivity contribution < 1.29 is 5.21 Å². The lowest BCUT2D eigenvalue weighted by atomic mass is 10.0. The van der Waals surface area contributed by atoms with Crippen molar-refractivity contribution in [2.75, 3.05) is 32.7 Å². The first-order valence-corrected chi connectivity index (χ1v) is 7.55. The highest BCUT2D eigenvalue weighted by Gasteiger charge is 2.45. The van der Waals surface area contributed by atoms with Gasteiger partial charge < -0.3 is 15.8 Å². The molecule has 1 aliphatic heterocycles. The number of nitrogens with zero attached hydrogens (tertiary/aromatic N) is 3. The van der Waals surface area contributed by atoms with Crippen LogP contribution in [0.3, 0.4) is 0 Å². The van der Waals surface area contributed by atoms with Crippen molar-refractivity contribution in [2.24, 2.45) is 16.3 Å². The third-order valence-electron chi connectivity index (χ3n) is 4.78. The van der Waals surface area contributed by atoms with Crippen molar-refractivity contribution in [1.29, 1.82) is 0 Å². The van der Waals surface area contributed by atoms with Crippen LogP contribution in [0.5, 0.6) is 0 Å². The SMILES string of the molecule is CCN(CC)C1CCN(CC2(CC(N)=NO)CC2)C1. The molecule has 0 bridgehead atoms. The van der Waals surface area contributed by atoms with Crippen LogP contribution in [-0.2, 0) is 0 Å². The number of likely N-dealkylation sites (tertiary alicyclic amines) is 1. The Balaban J connectivity index is 1.82. The minimum atomic E-state index is 0.300. The lowest BCUT2D eigenvalue weighted by molar-refractivity contribution is 0.198. The van der Waals surface area contributed by atoms with Crippen molar-refractivity contribution in [3.63, 3.8) is 0 Å². The second kappa shape index (κ2) is 6.09. The Morgan fingerprint density at radius 2 is 2.11 bits per heavy atom. The lowest BCUT2D eigenvalue weighted by Gasteiger charge is -2.27. The van der Waals surface area contributed by atoms with E-state index in [0.717, 1.165) is 32.1 Å². The molecule has 1 unspecified atom stereocenters. The van der Waals surface area contributed by atoms with Crippen LogP contribution in [0.1, 0.15) is 39.5 Å². The van der Waals surface area contributed by atoms with Crippen LogP contribution in [0, 0.1) is 5.41 Å². The van der Waals surface area contributed by atoms with Gasteiger partial charge in [-0.25, -0.2) is 0 Å². The number of oxime groups is 1.